The van der Waals surface area contributed by atoms with Gasteiger partial charge in [-0.05, 0) is 25.0 Å². The Labute approximate surface area is 135 Å². The summed E-state index contributed by atoms with van der Waals surface area (Å²) in [7, 11) is 1.94. The second-order valence-electron chi connectivity index (χ2n) is 5.90. The van der Waals surface area contributed by atoms with Crippen LogP contribution in [0.2, 0.25) is 0 Å². The van der Waals surface area contributed by atoms with Gasteiger partial charge in [-0.1, -0.05) is 12.1 Å². The lowest BCUT2D eigenvalue weighted by molar-refractivity contribution is 0.0474. The summed E-state index contributed by atoms with van der Waals surface area (Å²) in [5.41, 5.74) is 1.43. The molecule has 1 unspecified atom stereocenters. The van der Waals surface area contributed by atoms with Gasteiger partial charge >= 0.3 is 0 Å². The fourth-order valence-electron chi connectivity index (χ4n) is 2.87. The number of rotatable bonds is 4. The molecule has 122 valence electrons. The molecule has 1 aliphatic heterocycles. The number of nitrogens with one attached hydrogen (secondary N) is 1. The Morgan fingerprint density at radius 2 is 2.26 bits per heavy atom. The summed E-state index contributed by atoms with van der Waals surface area (Å²) in [6.07, 6.45) is 4.84. The van der Waals surface area contributed by atoms with Crippen LogP contribution in [0.5, 0.6) is 0 Å². The van der Waals surface area contributed by atoms with Crippen LogP contribution in [0.25, 0.3) is 0 Å². The zero-order valence-electron chi connectivity index (χ0n) is 13.3. The van der Waals surface area contributed by atoms with E-state index in [1.807, 2.05) is 42.1 Å². The van der Waals surface area contributed by atoms with Crippen LogP contribution in [0.1, 0.15) is 29.0 Å². The molecule has 0 bridgehead atoms. The van der Waals surface area contributed by atoms with Gasteiger partial charge < -0.3 is 19.9 Å². The Bertz CT molecular complexity index is 683. The van der Waals surface area contributed by atoms with Gasteiger partial charge in [0.25, 0.3) is 5.91 Å². The molecule has 1 aromatic heterocycles. The van der Waals surface area contributed by atoms with E-state index in [0.717, 1.165) is 24.4 Å². The summed E-state index contributed by atoms with van der Waals surface area (Å²) >= 11 is 0. The van der Waals surface area contributed by atoms with Crippen molar-refractivity contribution in [2.75, 3.05) is 18.4 Å². The third-order valence-corrected chi connectivity index (χ3v) is 4.20. The van der Waals surface area contributed by atoms with Crippen molar-refractivity contribution in [2.24, 2.45) is 7.05 Å². The number of β-amino-alcohol motifs (C(OH)–C–C–N with tert-alkyl or cyclic N) is 1. The Balaban J connectivity index is 1.74. The fourth-order valence-corrected chi connectivity index (χ4v) is 2.87. The van der Waals surface area contributed by atoms with E-state index in [9.17, 15) is 9.90 Å². The number of imidazole rings is 1. The van der Waals surface area contributed by atoms with Crippen LogP contribution in [0.15, 0.2) is 36.7 Å². The van der Waals surface area contributed by atoms with Crippen LogP contribution in [-0.4, -0.2) is 44.7 Å². The first-order valence-corrected chi connectivity index (χ1v) is 7.91. The predicted molar refractivity (Wildman–Crippen MR) is 88.1 cm³/mol. The molecule has 0 saturated carbocycles. The molecule has 6 heteroatoms. The molecule has 6 nitrogen and oxygen atoms in total. The van der Waals surface area contributed by atoms with Crippen LogP contribution in [0.4, 0.5) is 5.69 Å². The van der Waals surface area contributed by atoms with Crippen molar-refractivity contribution in [3.8, 4) is 0 Å². The number of amides is 1. The van der Waals surface area contributed by atoms with Crippen molar-refractivity contribution in [3.05, 3.63) is 48.0 Å². The molecule has 2 heterocycles. The number of hydrogen-bond acceptors (Lipinski definition) is 4. The second-order valence-corrected chi connectivity index (χ2v) is 5.90. The predicted octanol–water partition coefficient (Wildman–Crippen LogP) is 1.63. The van der Waals surface area contributed by atoms with Gasteiger partial charge in [-0.3, -0.25) is 4.79 Å². The molecule has 0 spiro atoms. The maximum Gasteiger partial charge on any atom is 0.256 e. The zero-order valence-corrected chi connectivity index (χ0v) is 13.3. The Hall–Kier alpha value is -2.34. The summed E-state index contributed by atoms with van der Waals surface area (Å²) in [5.74, 6) is 0.868. The molecule has 23 heavy (non-hydrogen) atoms. The van der Waals surface area contributed by atoms with E-state index in [0.29, 0.717) is 25.2 Å². The van der Waals surface area contributed by atoms with Crippen molar-refractivity contribution in [3.63, 3.8) is 0 Å². The molecule has 0 radical (unpaired) electrons. The fraction of sp³-hybridized carbons (Fsp3) is 0.412. The maximum absolute atomic E-state index is 12.7. The third kappa shape index (κ3) is 3.53. The van der Waals surface area contributed by atoms with Crippen molar-refractivity contribution in [1.29, 1.82) is 0 Å². The molecule has 2 aromatic rings. The Morgan fingerprint density at radius 3 is 3.00 bits per heavy atom. The summed E-state index contributed by atoms with van der Waals surface area (Å²) in [6, 6.07) is 7.49. The lowest BCUT2D eigenvalue weighted by Crippen LogP contribution is -2.42. The highest BCUT2D eigenvalue weighted by Gasteiger charge is 2.24. The monoisotopic (exact) mass is 314 g/mol. The number of anilines is 1. The van der Waals surface area contributed by atoms with E-state index < -0.39 is 6.10 Å². The Kier molecular flexibility index (Phi) is 4.62. The lowest BCUT2D eigenvalue weighted by atomic mass is 10.1. The molecule has 2 N–H and O–H groups in total. The third-order valence-electron chi connectivity index (χ3n) is 4.20. The standard InChI is InChI=1S/C17H22N4O2/c1-20-10-8-18-16(20)11-19-15-7-3-2-6-14(15)17(23)21-9-4-5-13(22)12-21/h2-3,6-8,10,13,19,22H,4-5,9,11-12H2,1H3. The minimum absolute atomic E-state index is 0.0355. The number of aryl methyl sites for hydroxylation is 1. The summed E-state index contributed by atoms with van der Waals surface area (Å²) in [6.45, 7) is 1.66. The van der Waals surface area contributed by atoms with Crippen molar-refractivity contribution >= 4 is 11.6 Å². The number of para-hydroxylation sites is 1. The van der Waals surface area contributed by atoms with Gasteiger partial charge in [-0.15, -0.1) is 0 Å². The van der Waals surface area contributed by atoms with Gasteiger partial charge in [-0.2, -0.15) is 0 Å². The number of carbonyl (C=O) groups excluding carboxylic acids is 1. The molecular weight excluding hydrogens is 292 g/mol. The summed E-state index contributed by atoms with van der Waals surface area (Å²) in [4.78, 5) is 18.8. The van der Waals surface area contributed by atoms with Gasteiger partial charge in [0.15, 0.2) is 0 Å². The maximum atomic E-state index is 12.7. The van der Waals surface area contributed by atoms with Crippen LogP contribution in [-0.2, 0) is 13.6 Å². The van der Waals surface area contributed by atoms with Crippen LogP contribution < -0.4 is 5.32 Å². The average Bonchev–Trinajstić information content (AvgIpc) is 2.97. The zero-order chi connectivity index (χ0) is 16.2. The largest absolute Gasteiger partial charge is 0.391 e. The molecule has 1 aliphatic rings. The second kappa shape index (κ2) is 6.83. The average molecular weight is 314 g/mol. The van der Waals surface area contributed by atoms with Gasteiger partial charge in [0.2, 0.25) is 0 Å². The van der Waals surface area contributed by atoms with Crippen molar-refractivity contribution < 1.29 is 9.90 Å². The number of piperidine rings is 1. The number of nitrogens with zero attached hydrogens (tertiary/aromatic N) is 3. The number of aliphatic hydroxyl groups is 1. The van der Waals surface area contributed by atoms with E-state index in [4.69, 9.17) is 0 Å². The number of hydrogen-bond donors (Lipinski definition) is 2. The smallest absolute Gasteiger partial charge is 0.256 e. The van der Waals surface area contributed by atoms with E-state index >= 15 is 0 Å². The van der Waals surface area contributed by atoms with Gasteiger partial charge in [0.1, 0.15) is 5.82 Å². The number of aliphatic hydroxyl groups excluding tert-OH is 1. The highest BCUT2D eigenvalue weighted by atomic mass is 16.3. The number of carbonyl (C=O) groups is 1. The Morgan fingerprint density at radius 1 is 1.43 bits per heavy atom. The first kappa shape index (κ1) is 15.6. The minimum Gasteiger partial charge on any atom is -0.391 e. The van der Waals surface area contributed by atoms with Crippen LogP contribution >= 0.6 is 0 Å². The number of benzene rings is 1. The van der Waals surface area contributed by atoms with E-state index in [2.05, 4.69) is 10.3 Å². The van der Waals surface area contributed by atoms with E-state index in [1.165, 1.54) is 0 Å². The SMILES string of the molecule is Cn1ccnc1CNc1ccccc1C(=O)N1CCCC(O)C1. The molecule has 1 amide bonds. The lowest BCUT2D eigenvalue weighted by Gasteiger charge is -2.30. The van der Waals surface area contributed by atoms with E-state index in [-0.39, 0.29) is 5.91 Å². The normalized spacial score (nSPS) is 18.0. The van der Waals surface area contributed by atoms with E-state index in [1.54, 1.807) is 11.1 Å². The summed E-state index contributed by atoms with van der Waals surface area (Å²) < 4.78 is 1.94. The first-order chi connectivity index (χ1) is 11.1. The van der Waals surface area contributed by atoms with Gasteiger partial charge in [-0.25, -0.2) is 4.98 Å². The van der Waals surface area contributed by atoms with Gasteiger partial charge in [0.05, 0.1) is 18.2 Å². The summed E-state index contributed by atoms with van der Waals surface area (Å²) in [5, 5.41) is 13.1. The number of likely N-dealkylation sites (tertiary alicyclic amines) is 1. The topological polar surface area (TPSA) is 70.4 Å². The van der Waals surface area contributed by atoms with Crippen molar-refractivity contribution in [1.82, 2.24) is 14.5 Å². The highest BCUT2D eigenvalue weighted by Crippen LogP contribution is 2.20. The molecule has 1 atom stereocenters. The molecule has 1 fully saturated rings. The van der Waals surface area contributed by atoms with Crippen molar-refractivity contribution in [2.45, 2.75) is 25.5 Å². The molecule has 1 aromatic carbocycles. The molecule has 0 aliphatic carbocycles. The minimum atomic E-state index is -0.416. The molecular formula is C17H22N4O2. The van der Waals surface area contributed by atoms with Crippen LogP contribution in [0.3, 0.4) is 0 Å². The van der Waals surface area contributed by atoms with Gasteiger partial charge in [0, 0.05) is 38.2 Å². The van der Waals surface area contributed by atoms with Crippen LogP contribution in [0, 0.1) is 0 Å². The first-order valence-electron chi connectivity index (χ1n) is 7.91. The molecule has 1 saturated heterocycles. The quantitative estimate of drug-likeness (QED) is 0.900. The highest BCUT2D eigenvalue weighted by molar-refractivity contribution is 5.99. The molecule has 3 rings (SSSR count). The number of aromatic nitrogens is 2.